The first-order chi connectivity index (χ1) is 14.2. The maximum atomic E-state index is 12.2. The van der Waals surface area contributed by atoms with E-state index in [0.717, 1.165) is 49.2 Å². The normalized spacial score (nSPS) is 14.5. The molecule has 0 atom stereocenters. The molecule has 2 N–H and O–H groups in total. The van der Waals surface area contributed by atoms with Crippen LogP contribution in [0, 0.1) is 31.1 Å². The van der Waals surface area contributed by atoms with Gasteiger partial charge in [0.25, 0.3) is 5.91 Å². The van der Waals surface area contributed by atoms with Gasteiger partial charge in [0.2, 0.25) is 0 Å². The number of urea groups is 1. The number of carbonyl (C=O) groups is 3. The minimum absolute atomic E-state index is 0.0724. The van der Waals surface area contributed by atoms with E-state index in [1.807, 2.05) is 26.0 Å². The zero-order valence-electron chi connectivity index (χ0n) is 18.1. The fourth-order valence-electron chi connectivity index (χ4n) is 3.58. The van der Waals surface area contributed by atoms with Crippen LogP contribution in [0.3, 0.4) is 0 Å². The number of ether oxygens (including phenoxy) is 1. The Bertz CT molecular complexity index is 870. The first-order valence-electron chi connectivity index (χ1n) is 10.3. The quantitative estimate of drug-likeness (QED) is 0.405. The van der Waals surface area contributed by atoms with Crippen molar-refractivity contribution in [3.8, 4) is 6.07 Å². The van der Waals surface area contributed by atoms with Crippen molar-refractivity contribution in [1.29, 1.82) is 5.26 Å². The molecule has 0 bridgehead atoms. The molecule has 0 unspecified atom stereocenters. The highest BCUT2D eigenvalue weighted by atomic mass is 16.5. The summed E-state index contributed by atoms with van der Waals surface area (Å²) < 4.78 is 7.05. The van der Waals surface area contributed by atoms with E-state index in [1.54, 1.807) is 0 Å². The second-order valence-corrected chi connectivity index (χ2v) is 8.08. The van der Waals surface area contributed by atoms with Crippen LogP contribution in [-0.2, 0) is 20.9 Å². The van der Waals surface area contributed by atoms with Crippen LogP contribution in [0.15, 0.2) is 11.6 Å². The number of amides is 3. The lowest BCUT2D eigenvalue weighted by atomic mass is 10.1. The van der Waals surface area contributed by atoms with E-state index < -0.39 is 24.5 Å². The Morgan fingerprint density at radius 2 is 1.97 bits per heavy atom. The number of esters is 1. The molecular weight excluding hydrogens is 384 g/mol. The van der Waals surface area contributed by atoms with E-state index >= 15 is 0 Å². The summed E-state index contributed by atoms with van der Waals surface area (Å²) in [4.78, 5) is 35.9. The van der Waals surface area contributed by atoms with Gasteiger partial charge in [0.15, 0.2) is 6.61 Å². The van der Waals surface area contributed by atoms with Crippen molar-refractivity contribution in [2.75, 3.05) is 6.61 Å². The number of imide groups is 1. The molecular formula is C22H30N4O4. The predicted molar refractivity (Wildman–Crippen MR) is 112 cm³/mol. The molecule has 0 saturated heterocycles. The molecule has 1 aromatic rings. The highest BCUT2D eigenvalue weighted by molar-refractivity contribution is 6.00. The maximum absolute atomic E-state index is 12.2. The first kappa shape index (κ1) is 23.2. The topological polar surface area (TPSA) is 113 Å². The van der Waals surface area contributed by atoms with E-state index in [0.29, 0.717) is 5.92 Å². The van der Waals surface area contributed by atoms with Gasteiger partial charge in [-0.2, -0.15) is 5.26 Å². The molecule has 30 heavy (non-hydrogen) atoms. The number of hydrogen-bond acceptors (Lipinski definition) is 5. The van der Waals surface area contributed by atoms with Crippen molar-refractivity contribution in [2.45, 2.75) is 66.0 Å². The highest BCUT2D eigenvalue weighted by Crippen LogP contribution is 2.20. The molecule has 1 fully saturated rings. The fraction of sp³-hybridized carbons (Fsp3) is 0.545. The number of nitrogens with zero attached hydrogens (tertiary/aromatic N) is 2. The lowest BCUT2D eigenvalue weighted by Crippen LogP contribution is -2.45. The zero-order chi connectivity index (χ0) is 22.3. The molecule has 0 aliphatic heterocycles. The molecule has 1 saturated carbocycles. The molecule has 162 valence electrons. The molecule has 0 spiro atoms. The summed E-state index contributed by atoms with van der Waals surface area (Å²) in [5, 5.41) is 14.2. The van der Waals surface area contributed by atoms with Gasteiger partial charge in [-0.15, -0.1) is 0 Å². The Balaban J connectivity index is 1.94. The lowest BCUT2D eigenvalue weighted by Gasteiger charge is -2.12. The Hall–Kier alpha value is -3.08. The van der Waals surface area contributed by atoms with Gasteiger partial charge in [0.05, 0.1) is 0 Å². The van der Waals surface area contributed by atoms with Crippen LogP contribution in [0.4, 0.5) is 4.79 Å². The average molecular weight is 415 g/mol. The number of nitrogens with one attached hydrogen (secondary N) is 2. The van der Waals surface area contributed by atoms with Gasteiger partial charge in [-0.25, -0.2) is 9.59 Å². The third-order valence-electron chi connectivity index (χ3n) is 5.08. The minimum Gasteiger partial charge on any atom is -0.451 e. The smallest absolute Gasteiger partial charge is 0.349 e. The van der Waals surface area contributed by atoms with Gasteiger partial charge in [0, 0.05) is 24.0 Å². The van der Waals surface area contributed by atoms with Crippen LogP contribution in [0.2, 0.25) is 0 Å². The summed E-state index contributed by atoms with van der Waals surface area (Å²) >= 11 is 0. The summed E-state index contributed by atoms with van der Waals surface area (Å²) in [7, 11) is 0. The predicted octanol–water partition coefficient (Wildman–Crippen LogP) is 2.98. The van der Waals surface area contributed by atoms with Crippen LogP contribution in [-0.4, -0.2) is 35.1 Å². The Morgan fingerprint density at radius 3 is 2.57 bits per heavy atom. The lowest BCUT2D eigenvalue weighted by molar-refractivity contribution is -0.144. The first-order valence-corrected chi connectivity index (χ1v) is 10.3. The largest absolute Gasteiger partial charge is 0.451 e. The number of rotatable bonds is 7. The molecule has 2 rings (SSSR count). The van der Waals surface area contributed by atoms with Gasteiger partial charge >= 0.3 is 12.0 Å². The monoisotopic (exact) mass is 414 g/mol. The maximum Gasteiger partial charge on any atom is 0.349 e. The Kier molecular flexibility index (Phi) is 8.22. The van der Waals surface area contributed by atoms with E-state index in [2.05, 4.69) is 29.0 Å². The fourth-order valence-corrected chi connectivity index (χ4v) is 3.58. The summed E-state index contributed by atoms with van der Waals surface area (Å²) in [5.41, 5.74) is 2.53. The van der Waals surface area contributed by atoms with Crippen molar-refractivity contribution >= 4 is 24.0 Å². The van der Waals surface area contributed by atoms with Crippen molar-refractivity contribution in [2.24, 2.45) is 5.92 Å². The van der Waals surface area contributed by atoms with Gasteiger partial charge in [0.1, 0.15) is 11.6 Å². The second-order valence-electron chi connectivity index (χ2n) is 8.08. The molecule has 0 aromatic carbocycles. The molecule has 1 aromatic heterocycles. The van der Waals surface area contributed by atoms with Crippen LogP contribution in [0.25, 0.3) is 6.08 Å². The number of aromatic nitrogens is 1. The van der Waals surface area contributed by atoms with Crippen molar-refractivity contribution in [3.63, 3.8) is 0 Å². The highest BCUT2D eigenvalue weighted by Gasteiger charge is 2.20. The summed E-state index contributed by atoms with van der Waals surface area (Å²) in [6.07, 6.45) is 5.36. The molecule has 1 aliphatic carbocycles. The van der Waals surface area contributed by atoms with Crippen molar-refractivity contribution in [1.82, 2.24) is 15.2 Å². The number of carbonyl (C=O) groups excluding carboxylic acids is 3. The molecule has 1 heterocycles. The molecule has 3 amide bonds. The molecule has 0 radical (unpaired) electrons. The Labute approximate surface area is 177 Å². The van der Waals surface area contributed by atoms with Gasteiger partial charge in [-0.1, -0.05) is 26.7 Å². The third-order valence-corrected chi connectivity index (χ3v) is 5.08. The summed E-state index contributed by atoms with van der Waals surface area (Å²) in [6.45, 7) is 8.33. The van der Waals surface area contributed by atoms with Crippen LogP contribution in [0.5, 0.6) is 0 Å². The molecule has 1 aliphatic rings. The van der Waals surface area contributed by atoms with Crippen LogP contribution < -0.4 is 10.6 Å². The van der Waals surface area contributed by atoms with Crippen LogP contribution >= 0.6 is 0 Å². The van der Waals surface area contributed by atoms with Crippen molar-refractivity contribution in [3.05, 3.63) is 28.6 Å². The SMILES string of the molecule is Cc1cc(/C=C(\C#N)C(=O)OCC(=O)NC(=O)NC2CCCC2)c(C)n1CC(C)C. The van der Waals surface area contributed by atoms with Gasteiger partial charge in [-0.3, -0.25) is 10.1 Å². The summed E-state index contributed by atoms with van der Waals surface area (Å²) in [6, 6.07) is 3.20. The second kappa shape index (κ2) is 10.6. The van der Waals surface area contributed by atoms with E-state index in [-0.39, 0.29) is 11.6 Å². The molecule has 8 heteroatoms. The molecule has 8 nitrogen and oxygen atoms in total. The van der Waals surface area contributed by atoms with E-state index in [1.165, 1.54) is 6.08 Å². The van der Waals surface area contributed by atoms with E-state index in [4.69, 9.17) is 4.74 Å². The number of aryl methyl sites for hydroxylation is 1. The Morgan fingerprint density at radius 1 is 1.30 bits per heavy atom. The van der Waals surface area contributed by atoms with Gasteiger partial charge < -0.3 is 14.6 Å². The number of nitriles is 1. The standard InChI is InChI=1S/C22H30N4O4/c1-14(2)12-26-15(3)9-17(16(26)4)10-18(11-23)21(28)30-13-20(27)25-22(29)24-19-7-5-6-8-19/h9-10,14,19H,5-8,12-13H2,1-4H3,(H2,24,25,27,29)/b18-10+. The summed E-state index contributed by atoms with van der Waals surface area (Å²) in [5.74, 6) is -1.19. The minimum atomic E-state index is -0.905. The van der Waals surface area contributed by atoms with Crippen LogP contribution in [0.1, 0.15) is 56.5 Å². The number of hydrogen-bond donors (Lipinski definition) is 2. The zero-order valence-corrected chi connectivity index (χ0v) is 18.1. The van der Waals surface area contributed by atoms with Crippen molar-refractivity contribution < 1.29 is 19.1 Å². The van der Waals surface area contributed by atoms with Gasteiger partial charge in [-0.05, 0) is 50.3 Å². The average Bonchev–Trinajstić information content (AvgIpc) is 3.27. The van der Waals surface area contributed by atoms with E-state index in [9.17, 15) is 19.6 Å². The third kappa shape index (κ3) is 6.48.